The second-order valence-electron chi connectivity index (χ2n) is 4.52. The fraction of sp³-hybridized carbons (Fsp3) is 0.727. The summed E-state index contributed by atoms with van der Waals surface area (Å²) in [5.41, 5.74) is 5.16. The zero-order valence-corrected chi connectivity index (χ0v) is 10.9. The Morgan fingerprint density at radius 2 is 1.72 bits per heavy atom. The largest absolute Gasteiger partial charge is 0.480 e. The van der Waals surface area contributed by atoms with Gasteiger partial charge < -0.3 is 21.5 Å². The summed E-state index contributed by atoms with van der Waals surface area (Å²) in [4.78, 5) is 33.6. The summed E-state index contributed by atoms with van der Waals surface area (Å²) >= 11 is 0. The second kappa shape index (κ2) is 7.65. The molecule has 5 N–H and O–H groups in total. The Bertz CT molecular complexity index is 317. The van der Waals surface area contributed by atoms with Gasteiger partial charge in [0.25, 0.3) is 0 Å². The van der Waals surface area contributed by atoms with Gasteiger partial charge in [0.1, 0.15) is 12.1 Å². The van der Waals surface area contributed by atoms with Crippen molar-refractivity contribution >= 4 is 17.8 Å². The van der Waals surface area contributed by atoms with Gasteiger partial charge in [0, 0.05) is 0 Å². The number of hydrogen-bond acceptors (Lipinski definition) is 4. The maximum atomic E-state index is 11.8. The van der Waals surface area contributed by atoms with Crippen molar-refractivity contribution in [3.05, 3.63) is 0 Å². The van der Waals surface area contributed by atoms with Crippen molar-refractivity contribution < 1.29 is 19.5 Å². The Kier molecular flexibility index (Phi) is 6.96. The molecule has 7 heteroatoms. The highest BCUT2D eigenvalue weighted by molar-refractivity contribution is 5.90. The second-order valence-corrected chi connectivity index (χ2v) is 4.52. The molecule has 7 nitrogen and oxygen atoms in total. The van der Waals surface area contributed by atoms with Gasteiger partial charge in [0.2, 0.25) is 11.8 Å². The summed E-state index contributed by atoms with van der Waals surface area (Å²) in [6.45, 7) is 4.94. The van der Waals surface area contributed by atoms with Crippen LogP contribution in [0.2, 0.25) is 0 Å². The van der Waals surface area contributed by atoms with Crippen LogP contribution in [0.3, 0.4) is 0 Å². The molecule has 0 rings (SSSR count). The van der Waals surface area contributed by atoms with Crippen LogP contribution in [0.4, 0.5) is 0 Å². The molecule has 0 spiro atoms. The summed E-state index contributed by atoms with van der Waals surface area (Å²) in [5.74, 6) is -1.91. The molecule has 0 aliphatic heterocycles. The highest BCUT2D eigenvalue weighted by Crippen LogP contribution is 2.05. The molecule has 0 aromatic carbocycles. The Morgan fingerprint density at radius 3 is 2.11 bits per heavy atom. The molecule has 2 amide bonds. The van der Waals surface area contributed by atoms with Crippen LogP contribution < -0.4 is 16.4 Å². The maximum Gasteiger partial charge on any atom is 0.325 e. The SMILES string of the molecule is CC(C)C[C@@H](NC(=O)CN)C(=O)N[C@H](C)C(=O)O. The number of carbonyl (C=O) groups is 3. The van der Waals surface area contributed by atoms with Crippen LogP contribution >= 0.6 is 0 Å². The van der Waals surface area contributed by atoms with Crippen molar-refractivity contribution in [2.45, 2.75) is 39.3 Å². The van der Waals surface area contributed by atoms with Gasteiger partial charge >= 0.3 is 5.97 Å². The van der Waals surface area contributed by atoms with E-state index < -0.39 is 29.9 Å². The van der Waals surface area contributed by atoms with Crippen molar-refractivity contribution in [2.75, 3.05) is 6.54 Å². The number of carbonyl (C=O) groups excluding carboxylic acids is 2. The lowest BCUT2D eigenvalue weighted by Gasteiger charge is -2.21. The number of hydrogen-bond donors (Lipinski definition) is 4. The average molecular weight is 259 g/mol. The fourth-order valence-electron chi connectivity index (χ4n) is 1.33. The van der Waals surface area contributed by atoms with E-state index in [4.69, 9.17) is 10.8 Å². The van der Waals surface area contributed by atoms with E-state index in [0.717, 1.165) is 0 Å². The van der Waals surface area contributed by atoms with Crippen LogP contribution in [0.1, 0.15) is 27.2 Å². The van der Waals surface area contributed by atoms with Crippen molar-refractivity contribution in [2.24, 2.45) is 11.7 Å². The van der Waals surface area contributed by atoms with E-state index in [1.165, 1.54) is 6.92 Å². The molecule has 0 fully saturated rings. The molecule has 0 aromatic heterocycles. The number of amides is 2. The Labute approximate surface area is 106 Å². The predicted octanol–water partition coefficient (Wildman–Crippen LogP) is -0.935. The van der Waals surface area contributed by atoms with Gasteiger partial charge in [-0.05, 0) is 19.3 Å². The van der Waals surface area contributed by atoms with E-state index in [1.54, 1.807) is 0 Å². The van der Waals surface area contributed by atoms with Crippen LogP contribution in [0, 0.1) is 5.92 Å². The first-order chi connectivity index (χ1) is 8.27. The zero-order chi connectivity index (χ0) is 14.3. The summed E-state index contributed by atoms with van der Waals surface area (Å²) in [6.07, 6.45) is 0.421. The van der Waals surface area contributed by atoms with Gasteiger partial charge in [-0.3, -0.25) is 14.4 Å². The molecule has 0 aromatic rings. The lowest BCUT2D eigenvalue weighted by atomic mass is 10.0. The lowest BCUT2D eigenvalue weighted by Crippen LogP contribution is -2.52. The van der Waals surface area contributed by atoms with E-state index in [1.807, 2.05) is 13.8 Å². The highest BCUT2D eigenvalue weighted by atomic mass is 16.4. The molecule has 0 radical (unpaired) electrons. The number of carboxylic acid groups (broad SMARTS) is 1. The molecule has 0 bridgehead atoms. The molecule has 0 aliphatic rings. The van der Waals surface area contributed by atoms with Crippen molar-refractivity contribution in [3.8, 4) is 0 Å². The smallest absolute Gasteiger partial charge is 0.325 e. The van der Waals surface area contributed by atoms with Crippen LogP contribution in [-0.4, -0.2) is 41.5 Å². The van der Waals surface area contributed by atoms with Crippen LogP contribution in [0.15, 0.2) is 0 Å². The average Bonchev–Trinajstić information content (AvgIpc) is 2.26. The van der Waals surface area contributed by atoms with E-state index in [2.05, 4.69) is 10.6 Å². The van der Waals surface area contributed by atoms with Crippen molar-refractivity contribution in [1.29, 1.82) is 0 Å². The van der Waals surface area contributed by atoms with Crippen molar-refractivity contribution in [3.63, 3.8) is 0 Å². The summed E-state index contributed by atoms with van der Waals surface area (Å²) < 4.78 is 0. The van der Waals surface area contributed by atoms with Crippen LogP contribution in [0.5, 0.6) is 0 Å². The summed E-state index contributed by atoms with van der Waals surface area (Å²) in [5, 5.41) is 13.5. The first kappa shape index (κ1) is 16.4. The molecule has 0 saturated carbocycles. The molecule has 0 aliphatic carbocycles. The van der Waals surface area contributed by atoms with Gasteiger partial charge in [0.15, 0.2) is 0 Å². The lowest BCUT2D eigenvalue weighted by molar-refractivity contribution is -0.141. The number of aliphatic carboxylic acids is 1. The first-order valence-corrected chi connectivity index (χ1v) is 5.80. The molecule has 0 heterocycles. The molecule has 104 valence electrons. The van der Waals surface area contributed by atoms with E-state index in [-0.39, 0.29) is 12.5 Å². The van der Waals surface area contributed by atoms with E-state index in [9.17, 15) is 14.4 Å². The monoisotopic (exact) mass is 259 g/mol. The van der Waals surface area contributed by atoms with E-state index in [0.29, 0.717) is 6.42 Å². The number of carboxylic acids is 1. The van der Waals surface area contributed by atoms with Gasteiger partial charge in [-0.1, -0.05) is 13.8 Å². The Balaban J connectivity index is 4.58. The number of rotatable bonds is 7. The third-order valence-electron chi connectivity index (χ3n) is 2.27. The van der Waals surface area contributed by atoms with E-state index >= 15 is 0 Å². The normalized spacial score (nSPS) is 13.8. The first-order valence-electron chi connectivity index (χ1n) is 5.80. The molecule has 0 unspecified atom stereocenters. The third-order valence-corrected chi connectivity index (χ3v) is 2.27. The minimum absolute atomic E-state index is 0.180. The third kappa shape index (κ3) is 6.19. The molecule has 18 heavy (non-hydrogen) atoms. The molecule has 0 saturated heterocycles. The summed E-state index contributed by atoms with van der Waals surface area (Å²) in [7, 11) is 0. The Hall–Kier alpha value is -1.63. The fourth-order valence-corrected chi connectivity index (χ4v) is 1.33. The van der Waals surface area contributed by atoms with Gasteiger partial charge in [0.05, 0.1) is 6.54 Å². The van der Waals surface area contributed by atoms with Crippen LogP contribution in [0.25, 0.3) is 0 Å². The molecule has 2 atom stereocenters. The quantitative estimate of drug-likeness (QED) is 0.470. The van der Waals surface area contributed by atoms with Gasteiger partial charge in [-0.2, -0.15) is 0 Å². The highest BCUT2D eigenvalue weighted by Gasteiger charge is 2.24. The maximum absolute atomic E-state index is 11.8. The number of nitrogens with one attached hydrogen (secondary N) is 2. The summed E-state index contributed by atoms with van der Waals surface area (Å²) in [6, 6.07) is -1.76. The Morgan fingerprint density at radius 1 is 1.17 bits per heavy atom. The zero-order valence-electron chi connectivity index (χ0n) is 10.9. The van der Waals surface area contributed by atoms with Crippen LogP contribution in [-0.2, 0) is 14.4 Å². The molecular formula is C11H21N3O4. The minimum Gasteiger partial charge on any atom is -0.480 e. The topological polar surface area (TPSA) is 122 Å². The van der Waals surface area contributed by atoms with Gasteiger partial charge in [-0.25, -0.2) is 0 Å². The standard InChI is InChI=1S/C11H21N3O4/c1-6(2)4-8(14-9(15)5-12)10(16)13-7(3)11(17)18/h6-8H,4-5,12H2,1-3H3,(H,13,16)(H,14,15)(H,17,18)/t7-,8-/m1/s1. The predicted molar refractivity (Wildman–Crippen MR) is 65.7 cm³/mol. The van der Waals surface area contributed by atoms with Crippen molar-refractivity contribution in [1.82, 2.24) is 10.6 Å². The number of nitrogens with two attached hydrogens (primary N) is 1. The molecular weight excluding hydrogens is 238 g/mol. The minimum atomic E-state index is -1.13. The van der Waals surface area contributed by atoms with Gasteiger partial charge in [-0.15, -0.1) is 0 Å².